The van der Waals surface area contributed by atoms with Crippen molar-refractivity contribution in [1.82, 2.24) is 20.2 Å². The smallest absolute Gasteiger partial charge is 0.151 e. The quantitative estimate of drug-likeness (QED) is 0.926. The minimum atomic E-state index is 0.645. The second kappa shape index (κ2) is 5.69. The van der Waals surface area contributed by atoms with Crippen LogP contribution in [0.4, 0.5) is 11.6 Å². The molecule has 0 bridgehead atoms. The van der Waals surface area contributed by atoms with Gasteiger partial charge in [-0.2, -0.15) is 5.10 Å². The Kier molecular flexibility index (Phi) is 3.35. The predicted molar refractivity (Wildman–Crippen MR) is 92.3 cm³/mol. The number of fused-ring (bicyclic) bond motifs is 2. The molecule has 0 aromatic carbocycles. The van der Waals surface area contributed by atoms with Crippen LogP contribution in [-0.2, 0) is 25.7 Å². The molecular formula is C18H22N6. The van der Waals surface area contributed by atoms with Gasteiger partial charge in [0.05, 0.1) is 5.69 Å². The molecule has 0 saturated carbocycles. The maximum Gasteiger partial charge on any atom is 0.151 e. The van der Waals surface area contributed by atoms with Crippen LogP contribution in [0.1, 0.15) is 35.4 Å². The van der Waals surface area contributed by atoms with E-state index in [0.717, 1.165) is 57.0 Å². The molecule has 2 aliphatic carbocycles. The molecule has 1 aliphatic heterocycles. The standard InChI is InChI=1S/C18H22N6/c1-3-13-7-17(23-22-15(13)5-1)24-9-12(10-24)8-19-18-14-4-2-6-16(14)20-11-21-18/h7,11-12H,1-6,8-10H2,(H,19,20,21). The highest BCUT2D eigenvalue weighted by atomic mass is 15.3. The monoisotopic (exact) mass is 322 g/mol. The van der Waals surface area contributed by atoms with E-state index in [1.54, 1.807) is 6.33 Å². The highest BCUT2D eigenvalue weighted by Gasteiger charge is 2.29. The second-order valence-electron chi connectivity index (χ2n) is 7.18. The number of aryl methyl sites for hydroxylation is 3. The molecule has 2 aromatic rings. The number of aromatic nitrogens is 4. The average Bonchev–Trinajstić information content (AvgIpc) is 3.22. The van der Waals surface area contributed by atoms with Crippen LogP contribution in [0, 0.1) is 5.92 Å². The lowest BCUT2D eigenvalue weighted by molar-refractivity contribution is 0.425. The number of hydrogen-bond acceptors (Lipinski definition) is 6. The van der Waals surface area contributed by atoms with Gasteiger partial charge in [-0.3, -0.25) is 0 Å². The van der Waals surface area contributed by atoms with Crippen molar-refractivity contribution in [2.45, 2.75) is 38.5 Å². The van der Waals surface area contributed by atoms with Crippen molar-refractivity contribution in [2.75, 3.05) is 29.9 Å². The summed E-state index contributed by atoms with van der Waals surface area (Å²) in [5.41, 5.74) is 5.17. The fourth-order valence-corrected chi connectivity index (χ4v) is 4.11. The molecule has 24 heavy (non-hydrogen) atoms. The molecule has 124 valence electrons. The zero-order valence-electron chi connectivity index (χ0n) is 13.8. The lowest BCUT2D eigenvalue weighted by atomic mass is 10.00. The molecule has 1 saturated heterocycles. The van der Waals surface area contributed by atoms with Gasteiger partial charge in [-0.1, -0.05) is 0 Å². The number of nitrogens with zero attached hydrogens (tertiary/aromatic N) is 5. The fraction of sp³-hybridized carbons (Fsp3) is 0.556. The first-order valence-corrected chi connectivity index (χ1v) is 9.04. The molecule has 0 amide bonds. The molecule has 5 rings (SSSR count). The largest absolute Gasteiger partial charge is 0.369 e. The number of hydrogen-bond donors (Lipinski definition) is 1. The predicted octanol–water partition coefficient (Wildman–Crippen LogP) is 1.79. The van der Waals surface area contributed by atoms with E-state index in [0.29, 0.717) is 5.92 Å². The molecule has 0 radical (unpaired) electrons. The fourth-order valence-electron chi connectivity index (χ4n) is 4.11. The molecule has 1 fully saturated rings. The SMILES string of the molecule is c1nc2c(c(NCC3CN(c4cc5c(nn4)CCC5)C3)n1)CCC2. The third kappa shape index (κ3) is 2.41. The first-order valence-electron chi connectivity index (χ1n) is 9.04. The van der Waals surface area contributed by atoms with Gasteiger partial charge < -0.3 is 10.2 Å². The van der Waals surface area contributed by atoms with E-state index < -0.39 is 0 Å². The number of anilines is 2. The Labute approximate surface area is 141 Å². The van der Waals surface area contributed by atoms with E-state index in [1.165, 1.54) is 35.4 Å². The Morgan fingerprint density at radius 3 is 2.83 bits per heavy atom. The topological polar surface area (TPSA) is 66.8 Å². The maximum absolute atomic E-state index is 4.44. The molecule has 0 unspecified atom stereocenters. The van der Waals surface area contributed by atoms with Crippen molar-refractivity contribution in [3.05, 3.63) is 34.9 Å². The van der Waals surface area contributed by atoms with E-state index in [2.05, 4.69) is 36.4 Å². The number of rotatable bonds is 4. The summed E-state index contributed by atoms with van der Waals surface area (Å²) in [6.07, 6.45) is 8.59. The van der Waals surface area contributed by atoms with Crippen LogP contribution in [0.15, 0.2) is 12.4 Å². The highest BCUT2D eigenvalue weighted by molar-refractivity contribution is 5.49. The summed E-state index contributed by atoms with van der Waals surface area (Å²) in [4.78, 5) is 11.2. The molecule has 0 atom stereocenters. The second-order valence-corrected chi connectivity index (χ2v) is 7.18. The summed E-state index contributed by atoms with van der Waals surface area (Å²) in [5.74, 6) is 2.75. The molecule has 3 heterocycles. The highest BCUT2D eigenvalue weighted by Crippen LogP contribution is 2.28. The third-order valence-corrected chi connectivity index (χ3v) is 5.52. The summed E-state index contributed by atoms with van der Waals surface area (Å²) < 4.78 is 0. The van der Waals surface area contributed by atoms with Crippen LogP contribution in [0.5, 0.6) is 0 Å². The van der Waals surface area contributed by atoms with Crippen LogP contribution in [0.25, 0.3) is 0 Å². The Hall–Kier alpha value is -2.24. The molecule has 1 N–H and O–H groups in total. The van der Waals surface area contributed by atoms with E-state index in [1.807, 2.05) is 0 Å². The van der Waals surface area contributed by atoms with Crippen LogP contribution in [0.2, 0.25) is 0 Å². The molecule has 6 nitrogen and oxygen atoms in total. The van der Waals surface area contributed by atoms with Crippen LogP contribution >= 0.6 is 0 Å². The number of nitrogens with one attached hydrogen (secondary N) is 1. The Bertz CT molecular complexity index is 768. The Morgan fingerprint density at radius 1 is 1.00 bits per heavy atom. The van der Waals surface area contributed by atoms with Gasteiger partial charge in [0.2, 0.25) is 0 Å². The van der Waals surface area contributed by atoms with Gasteiger partial charge in [0.1, 0.15) is 12.1 Å². The first kappa shape index (κ1) is 14.1. The normalized spacial score (nSPS) is 19.1. The summed E-state index contributed by atoms with van der Waals surface area (Å²) >= 11 is 0. The van der Waals surface area contributed by atoms with E-state index in [-0.39, 0.29) is 0 Å². The van der Waals surface area contributed by atoms with Gasteiger partial charge in [-0.15, -0.1) is 5.10 Å². The average molecular weight is 322 g/mol. The minimum Gasteiger partial charge on any atom is -0.369 e. The summed E-state index contributed by atoms with van der Waals surface area (Å²) in [7, 11) is 0. The van der Waals surface area contributed by atoms with Crippen LogP contribution in [-0.4, -0.2) is 39.8 Å². The van der Waals surface area contributed by atoms with E-state index in [4.69, 9.17) is 0 Å². The van der Waals surface area contributed by atoms with Gasteiger partial charge in [0.15, 0.2) is 5.82 Å². The van der Waals surface area contributed by atoms with Gasteiger partial charge in [-0.25, -0.2) is 9.97 Å². The summed E-state index contributed by atoms with van der Waals surface area (Å²) in [5, 5.41) is 12.3. The van der Waals surface area contributed by atoms with Crippen LogP contribution in [0.3, 0.4) is 0 Å². The van der Waals surface area contributed by atoms with E-state index in [9.17, 15) is 0 Å². The summed E-state index contributed by atoms with van der Waals surface area (Å²) in [6, 6.07) is 2.25. The van der Waals surface area contributed by atoms with Gasteiger partial charge in [-0.05, 0) is 50.2 Å². The van der Waals surface area contributed by atoms with Crippen molar-refractivity contribution in [1.29, 1.82) is 0 Å². The van der Waals surface area contributed by atoms with Gasteiger partial charge >= 0.3 is 0 Å². The lowest BCUT2D eigenvalue weighted by Crippen LogP contribution is -2.50. The van der Waals surface area contributed by atoms with Crippen molar-refractivity contribution in [3.63, 3.8) is 0 Å². The molecule has 2 aromatic heterocycles. The van der Waals surface area contributed by atoms with Gasteiger partial charge in [0.25, 0.3) is 0 Å². The Morgan fingerprint density at radius 2 is 1.88 bits per heavy atom. The third-order valence-electron chi connectivity index (χ3n) is 5.52. The van der Waals surface area contributed by atoms with Crippen LogP contribution < -0.4 is 10.2 Å². The lowest BCUT2D eigenvalue weighted by Gasteiger charge is -2.40. The summed E-state index contributed by atoms with van der Waals surface area (Å²) in [6.45, 7) is 3.07. The minimum absolute atomic E-state index is 0.645. The zero-order chi connectivity index (χ0) is 15.9. The molecular weight excluding hydrogens is 300 g/mol. The van der Waals surface area contributed by atoms with Crippen molar-refractivity contribution in [2.24, 2.45) is 5.92 Å². The van der Waals surface area contributed by atoms with E-state index >= 15 is 0 Å². The van der Waals surface area contributed by atoms with Crippen molar-refractivity contribution < 1.29 is 0 Å². The maximum atomic E-state index is 4.44. The Balaban J connectivity index is 1.18. The zero-order valence-corrected chi connectivity index (χ0v) is 13.8. The first-order chi connectivity index (χ1) is 11.9. The van der Waals surface area contributed by atoms with Crippen molar-refractivity contribution >= 4 is 11.6 Å². The molecule has 6 heteroatoms. The van der Waals surface area contributed by atoms with Crippen molar-refractivity contribution in [3.8, 4) is 0 Å². The molecule has 3 aliphatic rings. The van der Waals surface area contributed by atoms with Gasteiger partial charge in [0, 0.05) is 36.8 Å². The molecule has 0 spiro atoms.